The van der Waals surface area contributed by atoms with Gasteiger partial charge in [0.1, 0.15) is 6.26 Å². The highest BCUT2D eigenvalue weighted by Gasteiger charge is 2.21. The molecule has 0 unspecified atom stereocenters. The molecule has 1 aliphatic rings. The highest BCUT2D eigenvalue weighted by Crippen LogP contribution is 2.16. The van der Waals surface area contributed by atoms with Gasteiger partial charge in [-0.15, -0.1) is 0 Å². The zero-order valence-electron chi connectivity index (χ0n) is 11.6. The number of likely N-dealkylation sites (tertiary alicyclic amines) is 1. The molecule has 1 fully saturated rings. The van der Waals surface area contributed by atoms with Crippen LogP contribution in [0.1, 0.15) is 23.3 Å². The van der Waals surface area contributed by atoms with E-state index in [-0.39, 0.29) is 11.8 Å². The largest absolute Gasteiger partial charge is 0.364 e. The molecule has 0 atom stereocenters. The van der Waals surface area contributed by atoms with Gasteiger partial charge in [0, 0.05) is 19.7 Å². The topological polar surface area (TPSA) is 87.5 Å². The third-order valence-electron chi connectivity index (χ3n) is 3.57. The maximum Gasteiger partial charge on any atom is 0.273 e. The molecule has 0 radical (unpaired) electrons. The number of aromatic nitrogens is 1. The fourth-order valence-electron chi connectivity index (χ4n) is 2.29. The minimum atomic E-state index is -0.202. The van der Waals surface area contributed by atoms with Crippen molar-refractivity contribution in [3.05, 3.63) is 18.0 Å². The van der Waals surface area contributed by atoms with Gasteiger partial charge in [-0.25, -0.2) is 0 Å². The summed E-state index contributed by atoms with van der Waals surface area (Å²) in [6.45, 7) is 2.86. The lowest BCUT2D eigenvalue weighted by atomic mass is 9.97. The Bertz CT molecular complexity index is 438. The number of nitrogens with zero attached hydrogens (tertiary/aromatic N) is 2. The Labute approximate surface area is 117 Å². The first-order valence-corrected chi connectivity index (χ1v) is 6.80. The third-order valence-corrected chi connectivity index (χ3v) is 3.57. The van der Waals surface area contributed by atoms with Gasteiger partial charge in [0.05, 0.1) is 6.54 Å². The molecule has 0 aromatic carbocycles. The van der Waals surface area contributed by atoms with Crippen LogP contribution in [0.2, 0.25) is 0 Å². The first kappa shape index (κ1) is 14.5. The Kier molecular flexibility index (Phi) is 5.11. The van der Waals surface area contributed by atoms with Crippen molar-refractivity contribution in [1.29, 1.82) is 0 Å². The Morgan fingerprint density at radius 3 is 2.80 bits per heavy atom. The normalized spacial score (nSPS) is 16.9. The van der Waals surface area contributed by atoms with Crippen molar-refractivity contribution >= 4 is 11.8 Å². The summed E-state index contributed by atoms with van der Waals surface area (Å²) >= 11 is 0. The van der Waals surface area contributed by atoms with E-state index in [9.17, 15) is 9.59 Å². The second-order valence-electron chi connectivity index (χ2n) is 4.99. The number of hydrogen-bond acceptors (Lipinski definition) is 5. The van der Waals surface area contributed by atoms with Crippen molar-refractivity contribution in [1.82, 2.24) is 20.7 Å². The second kappa shape index (κ2) is 7.04. The molecule has 2 rings (SSSR count). The SMILES string of the molecule is CNC(=O)CN1CCC(CNC(=O)c2ccon2)CC1. The molecular weight excluding hydrogens is 260 g/mol. The van der Waals surface area contributed by atoms with Crippen molar-refractivity contribution in [3.8, 4) is 0 Å². The summed E-state index contributed by atoms with van der Waals surface area (Å²) in [5.41, 5.74) is 0.307. The standard InChI is InChI=1S/C13H20N4O3/c1-14-12(18)9-17-5-2-10(3-6-17)8-15-13(19)11-4-7-20-16-11/h4,7,10H,2-3,5-6,8-9H2,1H3,(H,14,18)(H,15,19). The molecule has 2 N–H and O–H groups in total. The monoisotopic (exact) mass is 280 g/mol. The summed E-state index contributed by atoms with van der Waals surface area (Å²) in [7, 11) is 1.65. The van der Waals surface area contributed by atoms with Gasteiger partial charge >= 0.3 is 0 Å². The summed E-state index contributed by atoms with van der Waals surface area (Å²) in [6.07, 6.45) is 3.35. The average Bonchev–Trinajstić information content (AvgIpc) is 3.00. The van der Waals surface area contributed by atoms with Crippen LogP contribution in [0, 0.1) is 5.92 Å². The molecule has 2 heterocycles. The molecule has 1 aliphatic heterocycles. The van der Waals surface area contributed by atoms with Crippen LogP contribution in [0.15, 0.2) is 16.9 Å². The molecule has 0 spiro atoms. The van der Waals surface area contributed by atoms with Crippen LogP contribution in [0.4, 0.5) is 0 Å². The fourth-order valence-corrected chi connectivity index (χ4v) is 2.29. The van der Waals surface area contributed by atoms with Crippen LogP contribution in [0.5, 0.6) is 0 Å². The zero-order valence-corrected chi connectivity index (χ0v) is 11.6. The molecule has 0 aliphatic carbocycles. The molecule has 110 valence electrons. The van der Waals surface area contributed by atoms with Crippen molar-refractivity contribution in [2.24, 2.45) is 5.92 Å². The molecule has 1 aromatic heterocycles. The first-order valence-electron chi connectivity index (χ1n) is 6.80. The van der Waals surface area contributed by atoms with Gasteiger partial charge in [-0.2, -0.15) is 0 Å². The van der Waals surface area contributed by atoms with E-state index in [0.29, 0.717) is 24.7 Å². The van der Waals surface area contributed by atoms with Gasteiger partial charge < -0.3 is 15.2 Å². The van der Waals surface area contributed by atoms with E-state index in [1.165, 1.54) is 6.26 Å². The Morgan fingerprint density at radius 1 is 1.45 bits per heavy atom. The van der Waals surface area contributed by atoms with Crippen LogP contribution < -0.4 is 10.6 Å². The average molecular weight is 280 g/mol. The summed E-state index contributed by atoms with van der Waals surface area (Å²) < 4.78 is 4.63. The van der Waals surface area contributed by atoms with E-state index in [1.54, 1.807) is 13.1 Å². The maximum absolute atomic E-state index is 11.7. The second-order valence-corrected chi connectivity index (χ2v) is 4.99. The predicted octanol–water partition coefficient (Wildman–Crippen LogP) is -0.138. The lowest BCUT2D eigenvalue weighted by molar-refractivity contribution is -0.122. The van der Waals surface area contributed by atoms with E-state index >= 15 is 0 Å². The maximum atomic E-state index is 11.7. The van der Waals surface area contributed by atoms with Gasteiger partial charge in [0.15, 0.2) is 5.69 Å². The number of rotatable bonds is 5. The lowest BCUT2D eigenvalue weighted by Gasteiger charge is -2.31. The van der Waals surface area contributed by atoms with Crippen LogP contribution in [0.3, 0.4) is 0 Å². The Balaban J connectivity index is 1.67. The van der Waals surface area contributed by atoms with Gasteiger partial charge in [0.2, 0.25) is 5.91 Å². The molecule has 20 heavy (non-hydrogen) atoms. The number of nitrogens with one attached hydrogen (secondary N) is 2. The predicted molar refractivity (Wildman–Crippen MR) is 72.1 cm³/mol. The number of hydrogen-bond donors (Lipinski definition) is 2. The number of likely N-dealkylation sites (N-methyl/N-ethyl adjacent to an activating group) is 1. The van der Waals surface area contributed by atoms with Gasteiger partial charge in [-0.1, -0.05) is 5.16 Å². The quantitative estimate of drug-likeness (QED) is 0.784. The lowest BCUT2D eigenvalue weighted by Crippen LogP contribution is -2.42. The smallest absolute Gasteiger partial charge is 0.273 e. The van der Waals surface area contributed by atoms with Gasteiger partial charge in [-0.3, -0.25) is 14.5 Å². The zero-order chi connectivity index (χ0) is 14.4. The van der Waals surface area contributed by atoms with Crippen LogP contribution >= 0.6 is 0 Å². The highest BCUT2D eigenvalue weighted by atomic mass is 16.5. The van der Waals surface area contributed by atoms with Crippen LogP contribution in [-0.4, -0.2) is 55.1 Å². The highest BCUT2D eigenvalue weighted by molar-refractivity contribution is 5.91. The molecule has 7 nitrogen and oxygen atoms in total. The Hall–Kier alpha value is -1.89. The number of amides is 2. The number of carbonyl (C=O) groups is 2. The van der Waals surface area contributed by atoms with Gasteiger partial charge in [-0.05, 0) is 31.8 Å². The van der Waals surface area contributed by atoms with E-state index in [0.717, 1.165) is 25.9 Å². The van der Waals surface area contributed by atoms with Gasteiger partial charge in [0.25, 0.3) is 5.91 Å². The number of piperidine rings is 1. The van der Waals surface area contributed by atoms with Crippen molar-refractivity contribution in [2.75, 3.05) is 33.2 Å². The molecular formula is C13H20N4O3. The van der Waals surface area contributed by atoms with Crippen molar-refractivity contribution < 1.29 is 14.1 Å². The van der Waals surface area contributed by atoms with E-state index < -0.39 is 0 Å². The third kappa shape index (κ3) is 4.06. The minimum Gasteiger partial charge on any atom is -0.364 e. The number of carbonyl (C=O) groups excluding carboxylic acids is 2. The summed E-state index contributed by atoms with van der Waals surface area (Å²) in [5, 5.41) is 9.08. The van der Waals surface area contributed by atoms with Crippen molar-refractivity contribution in [2.45, 2.75) is 12.8 Å². The van der Waals surface area contributed by atoms with E-state index in [1.807, 2.05) is 0 Å². The molecule has 0 bridgehead atoms. The molecule has 1 saturated heterocycles. The fraction of sp³-hybridized carbons (Fsp3) is 0.615. The van der Waals surface area contributed by atoms with Crippen LogP contribution in [0.25, 0.3) is 0 Å². The minimum absolute atomic E-state index is 0.0442. The van der Waals surface area contributed by atoms with E-state index in [2.05, 4.69) is 25.2 Å². The molecule has 2 amide bonds. The summed E-state index contributed by atoms with van der Waals surface area (Å²) in [4.78, 5) is 25.1. The van der Waals surface area contributed by atoms with E-state index in [4.69, 9.17) is 0 Å². The molecule has 0 saturated carbocycles. The molecule has 7 heteroatoms. The Morgan fingerprint density at radius 2 is 2.20 bits per heavy atom. The summed E-state index contributed by atoms with van der Waals surface area (Å²) in [5.74, 6) is 0.293. The molecule has 1 aromatic rings. The first-order chi connectivity index (χ1) is 9.69. The van der Waals surface area contributed by atoms with Crippen molar-refractivity contribution in [3.63, 3.8) is 0 Å². The van der Waals surface area contributed by atoms with Crippen LogP contribution in [-0.2, 0) is 4.79 Å². The summed E-state index contributed by atoms with van der Waals surface area (Å²) in [6, 6.07) is 1.54.